The first kappa shape index (κ1) is 15.7. The van der Waals surface area contributed by atoms with E-state index >= 15 is 0 Å². The van der Waals surface area contributed by atoms with Gasteiger partial charge in [-0.2, -0.15) is 0 Å². The van der Waals surface area contributed by atoms with Gasteiger partial charge in [0.15, 0.2) is 0 Å². The minimum Gasteiger partial charge on any atom is -0.377 e. The molecule has 1 aromatic heterocycles. The molecular formula is C14H22N3O4S+. The van der Waals surface area contributed by atoms with E-state index in [0.29, 0.717) is 26.4 Å². The van der Waals surface area contributed by atoms with Gasteiger partial charge in [-0.15, -0.1) is 0 Å². The van der Waals surface area contributed by atoms with Crippen LogP contribution in [0.1, 0.15) is 12.8 Å². The molecule has 0 radical (unpaired) electrons. The summed E-state index contributed by atoms with van der Waals surface area (Å²) in [7, 11) is -3.50. The Morgan fingerprint density at radius 3 is 2.73 bits per heavy atom. The highest BCUT2D eigenvalue weighted by Gasteiger charge is 2.23. The van der Waals surface area contributed by atoms with Crippen LogP contribution in [0.25, 0.3) is 0 Å². The molecule has 2 aliphatic rings. The minimum absolute atomic E-state index is 0.00798. The molecule has 0 aliphatic carbocycles. The summed E-state index contributed by atoms with van der Waals surface area (Å²) in [4.78, 5) is 5.44. The molecule has 1 atom stereocenters. The quantitative estimate of drug-likeness (QED) is 0.809. The second kappa shape index (κ2) is 6.91. The Labute approximate surface area is 130 Å². The third kappa shape index (κ3) is 3.75. The molecule has 2 fully saturated rings. The van der Waals surface area contributed by atoms with Gasteiger partial charge in [0, 0.05) is 19.2 Å². The third-order valence-corrected chi connectivity index (χ3v) is 5.38. The highest BCUT2D eigenvalue weighted by atomic mass is 32.2. The number of ether oxygens (including phenoxy) is 2. The van der Waals surface area contributed by atoms with Gasteiger partial charge in [-0.05, 0) is 18.9 Å². The molecule has 0 spiro atoms. The van der Waals surface area contributed by atoms with Crippen LogP contribution in [0.2, 0.25) is 0 Å². The van der Waals surface area contributed by atoms with E-state index in [1.807, 2.05) is 0 Å². The van der Waals surface area contributed by atoms with Gasteiger partial charge < -0.3 is 9.47 Å². The van der Waals surface area contributed by atoms with Crippen molar-refractivity contribution in [3.63, 3.8) is 0 Å². The van der Waals surface area contributed by atoms with Crippen LogP contribution >= 0.6 is 0 Å². The molecule has 122 valence electrons. The molecule has 3 rings (SSSR count). The molecule has 8 heteroatoms. The van der Waals surface area contributed by atoms with E-state index in [2.05, 4.69) is 14.6 Å². The first-order chi connectivity index (χ1) is 10.6. The topological polar surface area (TPSA) is 82.0 Å². The van der Waals surface area contributed by atoms with Crippen molar-refractivity contribution in [3.05, 3.63) is 18.3 Å². The SMILES string of the molecule is O=S(=O)(NC[C@@H]1CCCO1)c1ccc(N2CCOCC2)[nH+]c1. The summed E-state index contributed by atoms with van der Waals surface area (Å²) >= 11 is 0. The molecule has 2 aliphatic heterocycles. The first-order valence-corrected chi connectivity index (χ1v) is 9.09. The van der Waals surface area contributed by atoms with Crippen LogP contribution < -0.4 is 14.6 Å². The average Bonchev–Trinajstić information content (AvgIpc) is 3.08. The van der Waals surface area contributed by atoms with Crippen LogP contribution in [0.5, 0.6) is 0 Å². The summed E-state index contributed by atoms with van der Waals surface area (Å²) in [5.74, 6) is 0.904. The van der Waals surface area contributed by atoms with Gasteiger partial charge in [0.05, 0.1) is 19.3 Å². The normalized spacial score (nSPS) is 22.9. The molecular weight excluding hydrogens is 306 g/mol. The predicted octanol–water partition coefficient (Wildman–Crippen LogP) is -0.205. The summed E-state index contributed by atoms with van der Waals surface area (Å²) in [6, 6.07) is 3.42. The molecule has 2 saturated heterocycles. The zero-order valence-electron chi connectivity index (χ0n) is 12.5. The van der Waals surface area contributed by atoms with Crippen LogP contribution in [0.3, 0.4) is 0 Å². The van der Waals surface area contributed by atoms with Crippen LogP contribution in [0.4, 0.5) is 5.82 Å². The van der Waals surface area contributed by atoms with Crippen LogP contribution in [0.15, 0.2) is 23.2 Å². The molecule has 2 N–H and O–H groups in total. The Morgan fingerprint density at radius 1 is 1.27 bits per heavy atom. The lowest BCUT2D eigenvalue weighted by Crippen LogP contribution is -2.39. The molecule has 0 unspecified atom stereocenters. The molecule has 1 aromatic rings. The summed E-state index contributed by atoms with van der Waals surface area (Å²) in [5.41, 5.74) is 0. The summed E-state index contributed by atoms with van der Waals surface area (Å²) in [6.07, 6.45) is 3.42. The van der Waals surface area contributed by atoms with E-state index < -0.39 is 10.0 Å². The Morgan fingerprint density at radius 2 is 2.09 bits per heavy atom. The van der Waals surface area contributed by atoms with Gasteiger partial charge in [-0.3, -0.25) is 4.90 Å². The maximum Gasteiger partial charge on any atom is 0.274 e. The molecule has 0 saturated carbocycles. The van der Waals surface area contributed by atoms with Crippen molar-refractivity contribution in [3.8, 4) is 0 Å². The van der Waals surface area contributed by atoms with Crippen molar-refractivity contribution in [2.24, 2.45) is 0 Å². The summed E-state index contributed by atoms with van der Waals surface area (Å²) < 4.78 is 37.9. The van der Waals surface area contributed by atoms with E-state index in [1.54, 1.807) is 12.1 Å². The van der Waals surface area contributed by atoms with E-state index in [9.17, 15) is 8.42 Å². The highest BCUT2D eigenvalue weighted by Crippen LogP contribution is 2.14. The van der Waals surface area contributed by atoms with Gasteiger partial charge in [-0.25, -0.2) is 18.1 Å². The second-order valence-electron chi connectivity index (χ2n) is 5.50. The molecule has 0 amide bonds. The van der Waals surface area contributed by atoms with E-state index in [4.69, 9.17) is 9.47 Å². The highest BCUT2D eigenvalue weighted by molar-refractivity contribution is 7.89. The molecule has 22 heavy (non-hydrogen) atoms. The number of morpholine rings is 1. The minimum atomic E-state index is -3.50. The predicted molar refractivity (Wildman–Crippen MR) is 80.2 cm³/mol. The van der Waals surface area contributed by atoms with E-state index in [0.717, 1.165) is 31.7 Å². The largest absolute Gasteiger partial charge is 0.377 e. The lowest BCUT2D eigenvalue weighted by molar-refractivity contribution is -0.367. The number of hydrogen-bond acceptors (Lipinski definition) is 5. The fourth-order valence-electron chi connectivity index (χ4n) is 2.66. The van der Waals surface area contributed by atoms with Gasteiger partial charge in [0.1, 0.15) is 24.2 Å². The summed E-state index contributed by atoms with van der Waals surface area (Å²) in [5, 5.41) is 0. The maximum atomic E-state index is 12.3. The maximum absolute atomic E-state index is 12.3. The van der Waals surface area contributed by atoms with Crippen molar-refractivity contribution < 1.29 is 22.9 Å². The fourth-order valence-corrected chi connectivity index (χ4v) is 3.70. The van der Waals surface area contributed by atoms with Gasteiger partial charge in [0.25, 0.3) is 5.82 Å². The number of pyridine rings is 1. The smallest absolute Gasteiger partial charge is 0.274 e. The number of nitrogens with zero attached hydrogens (tertiary/aromatic N) is 1. The molecule has 3 heterocycles. The number of anilines is 1. The van der Waals surface area contributed by atoms with Crippen LogP contribution in [-0.2, 0) is 19.5 Å². The van der Waals surface area contributed by atoms with Crippen molar-refractivity contribution in [2.75, 3.05) is 44.4 Å². The number of rotatable bonds is 5. The average molecular weight is 328 g/mol. The second-order valence-corrected chi connectivity index (χ2v) is 7.26. The first-order valence-electron chi connectivity index (χ1n) is 7.61. The van der Waals surface area contributed by atoms with E-state index in [-0.39, 0.29) is 11.0 Å². The zero-order chi connectivity index (χ0) is 15.4. The van der Waals surface area contributed by atoms with Gasteiger partial charge in [-0.1, -0.05) is 0 Å². The van der Waals surface area contributed by atoms with Crippen molar-refractivity contribution in [1.29, 1.82) is 0 Å². The van der Waals surface area contributed by atoms with E-state index in [1.165, 1.54) is 6.20 Å². The number of H-pyrrole nitrogens is 1. The molecule has 0 aromatic carbocycles. The third-order valence-electron chi connectivity index (χ3n) is 3.95. The van der Waals surface area contributed by atoms with Crippen LogP contribution in [-0.4, -0.2) is 54.0 Å². The monoisotopic (exact) mass is 328 g/mol. The molecule has 7 nitrogen and oxygen atoms in total. The Balaban J connectivity index is 1.62. The number of aromatic amines is 1. The Kier molecular flexibility index (Phi) is 4.92. The Bertz CT molecular complexity index is 579. The van der Waals surface area contributed by atoms with Gasteiger partial charge >= 0.3 is 0 Å². The molecule has 0 bridgehead atoms. The van der Waals surface area contributed by atoms with Crippen molar-refractivity contribution >= 4 is 15.8 Å². The van der Waals surface area contributed by atoms with Crippen LogP contribution in [0, 0.1) is 0 Å². The number of nitrogens with one attached hydrogen (secondary N) is 2. The van der Waals surface area contributed by atoms with Gasteiger partial charge in [0.2, 0.25) is 10.0 Å². The fraction of sp³-hybridized carbons (Fsp3) is 0.643. The zero-order valence-corrected chi connectivity index (χ0v) is 13.3. The Hall–Kier alpha value is -1.22. The number of aromatic nitrogens is 1. The lowest BCUT2D eigenvalue weighted by Gasteiger charge is -2.21. The number of hydrogen-bond donors (Lipinski definition) is 1. The van der Waals surface area contributed by atoms with Crippen molar-refractivity contribution in [2.45, 2.75) is 23.8 Å². The summed E-state index contributed by atoms with van der Waals surface area (Å²) in [6.45, 7) is 4.04. The lowest BCUT2D eigenvalue weighted by atomic mass is 10.2. The number of sulfonamides is 1. The standard InChI is InChI=1S/C14H21N3O4S/c18-22(19,16-10-12-2-1-7-21-12)13-3-4-14(15-11-13)17-5-8-20-9-6-17/h3-4,11-12,16H,1-2,5-10H2/p+1/t12-/m0/s1. The van der Waals surface area contributed by atoms with Crippen molar-refractivity contribution in [1.82, 2.24) is 4.72 Å².